The van der Waals surface area contributed by atoms with Gasteiger partial charge in [0.1, 0.15) is 5.82 Å². The molecule has 1 amide bonds. The van der Waals surface area contributed by atoms with Crippen molar-refractivity contribution in [1.29, 1.82) is 0 Å². The van der Waals surface area contributed by atoms with Gasteiger partial charge in [0.05, 0.1) is 11.9 Å². The number of hydrogen-bond donors (Lipinski definition) is 1. The minimum atomic E-state index is -3.36. The van der Waals surface area contributed by atoms with Crippen LogP contribution in [0.5, 0.6) is 0 Å². The van der Waals surface area contributed by atoms with Crippen LogP contribution in [0.1, 0.15) is 26.7 Å². The lowest BCUT2D eigenvalue weighted by Gasteiger charge is -2.20. The Bertz CT molecular complexity index is 603. The highest BCUT2D eigenvalue weighted by Crippen LogP contribution is 2.13. The summed E-state index contributed by atoms with van der Waals surface area (Å²) in [5, 5.41) is 2.45. The van der Waals surface area contributed by atoms with Crippen LogP contribution in [0.4, 0.5) is 10.1 Å². The van der Waals surface area contributed by atoms with Gasteiger partial charge in [-0.05, 0) is 24.5 Å². The molecule has 0 saturated carbocycles. The van der Waals surface area contributed by atoms with Crippen LogP contribution < -0.4 is 5.32 Å². The van der Waals surface area contributed by atoms with Crippen molar-refractivity contribution in [2.24, 2.45) is 5.92 Å². The van der Waals surface area contributed by atoms with Gasteiger partial charge >= 0.3 is 0 Å². The lowest BCUT2D eigenvalue weighted by atomic mass is 10.1. The zero-order valence-electron chi connectivity index (χ0n) is 13.2. The van der Waals surface area contributed by atoms with Gasteiger partial charge in [0.2, 0.25) is 15.9 Å². The quantitative estimate of drug-likeness (QED) is 0.796. The number of carbonyl (C=O) groups is 1. The summed E-state index contributed by atoms with van der Waals surface area (Å²) in [6, 6.07) is 5.85. The number of nitrogens with zero attached hydrogens (tertiary/aromatic N) is 1. The van der Waals surface area contributed by atoms with Gasteiger partial charge < -0.3 is 5.32 Å². The molecule has 1 rings (SSSR count). The first-order chi connectivity index (χ1) is 10.2. The van der Waals surface area contributed by atoms with E-state index in [9.17, 15) is 17.6 Å². The number of anilines is 1. The molecule has 7 heteroatoms. The fourth-order valence-corrected chi connectivity index (χ4v) is 2.71. The lowest BCUT2D eigenvalue weighted by Crippen LogP contribution is -2.34. The number of nitrogens with one attached hydrogen (secondary N) is 1. The first kappa shape index (κ1) is 18.6. The Morgan fingerprint density at radius 2 is 1.91 bits per heavy atom. The number of benzene rings is 1. The van der Waals surface area contributed by atoms with E-state index < -0.39 is 21.7 Å². The molecular weight excluding hydrogens is 307 g/mol. The third kappa shape index (κ3) is 6.53. The van der Waals surface area contributed by atoms with Gasteiger partial charge in [0.25, 0.3) is 0 Å². The smallest absolute Gasteiger partial charge is 0.225 e. The predicted molar refractivity (Wildman–Crippen MR) is 85.5 cm³/mol. The minimum Gasteiger partial charge on any atom is -0.324 e. The predicted octanol–water partition coefficient (Wildman–Crippen LogP) is 2.46. The average molecular weight is 330 g/mol. The highest BCUT2D eigenvalue weighted by molar-refractivity contribution is 7.88. The number of halogens is 1. The van der Waals surface area contributed by atoms with E-state index >= 15 is 0 Å². The van der Waals surface area contributed by atoms with E-state index in [0.717, 1.165) is 12.7 Å². The molecule has 0 radical (unpaired) electrons. The van der Waals surface area contributed by atoms with Gasteiger partial charge in [-0.1, -0.05) is 26.0 Å². The molecule has 0 aromatic heterocycles. The standard InChI is InChI=1S/C15H23FN2O3S/c1-12(2)8-10-18(22(3,20)21)11-9-15(19)17-14-7-5-4-6-13(14)16/h4-7,12H,8-11H2,1-3H3,(H,17,19). The van der Waals surface area contributed by atoms with E-state index in [0.29, 0.717) is 12.5 Å². The summed E-state index contributed by atoms with van der Waals surface area (Å²) in [6.45, 7) is 4.48. The molecule has 124 valence electrons. The van der Waals surface area contributed by atoms with Crippen molar-refractivity contribution in [3.05, 3.63) is 30.1 Å². The number of para-hydroxylation sites is 1. The molecule has 22 heavy (non-hydrogen) atoms. The van der Waals surface area contributed by atoms with E-state index in [2.05, 4.69) is 5.32 Å². The highest BCUT2D eigenvalue weighted by Gasteiger charge is 2.18. The molecule has 0 saturated heterocycles. The third-order valence-electron chi connectivity index (χ3n) is 3.16. The van der Waals surface area contributed by atoms with Crippen LogP contribution in [0, 0.1) is 11.7 Å². The second-order valence-electron chi connectivity index (χ2n) is 5.62. The largest absolute Gasteiger partial charge is 0.324 e. The molecule has 0 fully saturated rings. The number of hydrogen-bond acceptors (Lipinski definition) is 3. The van der Waals surface area contributed by atoms with Crippen molar-refractivity contribution in [2.75, 3.05) is 24.7 Å². The summed E-state index contributed by atoms with van der Waals surface area (Å²) in [4.78, 5) is 11.8. The Kier molecular flexibility index (Phi) is 6.96. The molecule has 0 aliphatic carbocycles. The fourth-order valence-electron chi connectivity index (χ4n) is 1.85. The van der Waals surface area contributed by atoms with Crippen LogP contribution in [0.15, 0.2) is 24.3 Å². The van der Waals surface area contributed by atoms with Crippen molar-refractivity contribution >= 4 is 21.6 Å². The van der Waals surface area contributed by atoms with Gasteiger partial charge in [0, 0.05) is 19.5 Å². The highest BCUT2D eigenvalue weighted by atomic mass is 32.2. The van der Waals surface area contributed by atoms with Crippen molar-refractivity contribution in [2.45, 2.75) is 26.7 Å². The summed E-state index contributed by atoms with van der Waals surface area (Å²) < 4.78 is 38.1. The van der Waals surface area contributed by atoms with Crippen molar-refractivity contribution in [1.82, 2.24) is 4.31 Å². The fraction of sp³-hybridized carbons (Fsp3) is 0.533. The van der Waals surface area contributed by atoms with E-state index in [1.165, 1.54) is 22.5 Å². The monoisotopic (exact) mass is 330 g/mol. The first-order valence-corrected chi connectivity index (χ1v) is 9.04. The Labute approximate surface area is 131 Å². The summed E-state index contributed by atoms with van der Waals surface area (Å²) in [7, 11) is -3.36. The molecule has 1 N–H and O–H groups in total. The molecule has 1 aromatic rings. The molecule has 0 aliphatic heterocycles. The second kappa shape index (κ2) is 8.24. The Morgan fingerprint density at radius 1 is 1.27 bits per heavy atom. The van der Waals surface area contributed by atoms with Gasteiger partial charge in [-0.3, -0.25) is 4.79 Å². The van der Waals surface area contributed by atoms with Gasteiger partial charge in [0.15, 0.2) is 0 Å². The van der Waals surface area contributed by atoms with Crippen molar-refractivity contribution in [3.8, 4) is 0 Å². The van der Waals surface area contributed by atoms with Crippen LogP contribution in [-0.4, -0.2) is 38.0 Å². The molecule has 1 aromatic carbocycles. The Hall–Kier alpha value is -1.47. The maximum Gasteiger partial charge on any atom is 0.225 e. The molecule has 0 spiro atoms. The molecule has 0 heterocycles. The second-order valence-corrected chi connectivity index (χ2v) is 7.61. The number of rotatable bonds is 8. The summed E-state index contributed by atoms with van der Waals surface area (Å²) in [5.74, 6) is -0.560. The van der Waals surface area contributed by atoms with Crippen LogP contribution in [0.2, 0.25) is 0 Å². The van der Waals surface area contributed by atoms with Gasteiger partial charge in [-0.25, -0.2) is 17.1 Å². The van der Waals surface area contributed by atoms with Crippen LogP contribution in [0.3, 0.4) is 0 Å². The molecule has 0 aliphatic rings. The SMILES string of the molecule is CC(C)CCN(CCC(=O)Nc1ccccc1F)S(C)(=O)=O. The van der Waals surface area contributed by atoms with E-state index in [4.69, 9.17) is 0 Å². The van der Waals surface area contributed by atoms with E-state index in [1.54, 1.807) is 6.07 Å². The molecule has 0 unspecified atom stereocenters. The normalized spacial score (nSPS) is 11.9. The Morgan fingerprint density at radius 3 is 2.45 bits per heavy atom. The van der Waals surface area contributed by atoms with Gasteiger partial charge in [-0.15, -0.1) is 0 Å². The maximum absolute atomic E-state index is 13.4. The van der Waals surface area contributed by atoms with Crippen molar-refractivity contribution in [3.63, 3.8) is 0 Å². The van der Waals surface area contributed by atoms with Crippen LogP contribution in [0.25, 0.3) is 0 Å². The van der Waals surface area contributed by atoms with Crippen LogP contribution >= 0.6 is 0 Å². The first-order valence-electron chi connectivity index (χ1n) is 7.19. The molecular formula is C15H23FN2O3S. The Balaban J connectivity index is 2.57. The number of amides is 1. The third-order valence-corrected chi connectivity index (χ3v) is 4.46. The average Bonchev–Trinajstić information content (AvgIpc) is 2.39. The summed E-state index contributed by atoms with van der Waals surface area (Å²) >= 11 is 0. The van der Waals surface area contributed by atoms with E-state index in [-0.39, 0.29) is 18.7 Å². The zero-order valence-corrected chi connectivity index (χ0v) is 14.0. The molecule has 5 nitrogen and oxygen atoms in total. The van der Waals surface area contributed by atoms with Crippen molar-refractivity contribution < 1.29 is 17.6 Å². The number of sulfonamides is 1. The zero-order chi connectivity index (χ0) is 16.8. The summed E-state index contributed by atoms with van der Waals surface area (Å²) in [5.41, 5.74) is 0.0978. The van der Waals surface area contributed by atoms with Crippen LogP contribution in [-0.2, 0) is 14.8 Å². The number of carbonyl (C=O) groups excluding carboxylic acids is 1. The minimum absolute atomic E-state index is 0.0144. The maximum atomic E-state index is 13.4. The molecule has 0 bridgehead atoms. The van der Waals surface area contributed by atoms with Gasteiger partial charge in [-0.2, -0.15) is 0 Å². The summed E-state index contributed by atoms with van der Waals surface area (Å²) in [6.07, 6.45) is 1.84. The lowest BCUT2D eigenvalue weighted by molar-refractivity contribution is -0.116. The van der Waals surface area contributed by atoms with E-state index in [1.807, 2.05) is 13.8 Å². The molecule has 0 atom stereocenters. The topological polar surface area (TPSA) is 66.5 Å².